The maximum absolute atomic E-state index is 10.8. The Morgan fingerprint density at radius 3 is 2.75 bits per heavy atom. The van der Waals surface area contributed by atoms with E-state index in [1.807, 2.05) is 0 Å². The summed E-state index contributed by atoms with van der Waals surface area (Å²) in [6.07, 6.45) is 2.36. The number of fused-ring (bicyclic) bond motifs is 1. The first-order valence-corrected chi connectivity index (χ1v) is 5.15. The van der Waals surface area contributed by atoms with Gasteiger partial charge in [0.15, 0.2) is 17.8 Å². The predicted molar refractivity (Wildman–Crippen MR) is 57.3 cm³/mol. The molecule has 4 nitrogen and oxygen atoms in total. The SMILES string of the molecule is O=CCCc1cc(Cl)c(C=O)c2c1OCO2. The van der Waals surface area contributed by atoms with E-state index in [0.717, 1.165) is 11.8 Å². The lowest BCUT2D eigenvalue weighted by atomic mass is 10.1. The molecule has 1 heterocycles. The average molecular weight is 241 g/mol. The largest absolute Gasteiger partial charge is 0.453 e. The van der Waals surface area contributed by atoms with Crippen LogP contribution in [-0.4, -0.2) is 19.4 Å². The molecule has 0 amide bonds. The summed E-state index contributed by atoms with van der Waals surface area (Å²) < 4.78 is 10.5. The molecule has 0 fully saturated rings. The van der Waals surface area contributed by atoms with Crippen LogP contribution < -0.4 is 9.47 Å². The fourth-order valence-electron chi connectivity index (χ4n) is 1.63. The van der Waals surface area contributed by atoms with Crippen LogP contribution >= 0.6 is 11.6 Å². The van der Waals surface area contributed by atoms with Gasteiger partial charge in [-0.05, 0) is 12.5 Å². The van der Waals surface area contributed by atoms with Crippen molar-refractivity contribution in [1.82, 2.24) is 0 Å². The average Bonchev–Trinajstić information content (AvgIpc) is 2.75. The summed E-state index contributed by atoms with van der Waals surface area (Å²) in [7, 11) is 0. The molecule has 16 heavy (non-hydrogen) atoms. The van der Waals surface area contributed by atoms with E-state index in [9.17, 15) is 9.59 Å². The molecule has 0 saturated heterocycles. The zero-order chi connectivity index (χ0) is 11.5. The summed E-state index contributed by atoms with van der Waals surface area (Å²) in [6.45, 7) is 0.0740. The first-order valence-electron chi connectivity index (χ1n) is 4.77. The topological polar surface area (TPSA) is 52.6 Å². The third-order valence-corrected chi connectivity index (χ3v) is 2.67. The fourth-order valence-corrected chi connectivity index (χ4v) is 1.89. The number of halogens is 1. The maximum Gasteiger partial charge on any atom is 0.231 e. The monoisotopic (exact) mass is 240 g/mol. The van der Waals surface area contributed by atoms with Gasteiger partial charge in [-0.15, -0.1) is 0 Å². The second kappa shape index (κ2) is 4.53. The maximum atomic E-state index is 10.8. The predicted octanol–water partition coefficient (Wildman–Crippen LogP) is 2.01. The highest BCUT2D eigenvalue weighted by atomic mass is 35.5. The van der Waals surface area contributed by atoms with Crippen LogP contribution in [0.2, 0.25) is 5.02 Å². The van der Waals surface area contributed by atoms with Gasteiger partial charge in [-0.2, -0.15) is 0 Å². The Balaban J connectivity index is 2.48. The Labute approximate surface area is 97.1 Å². The molecule has 2 rings (SSSR count). The molecular weight excluding hydrogens is 232 g/mol. The summed E-state index contributed by atoms with van der Waals surface area (Å²) in [5.74, 6) is 0.900. The Bertz CT molecular complexity index is 442. The molecule has 0 radical (unpaired) electrons. The van der Waals surface area contributed by atoms with Crippen molar-refractivity contribution < 1.29 is 19.1 Å². The highest BCUT2D eigenvalue weighted by Gasteiger charge is 2.24. The van der Waals surface area contributed by atoms with Gasteiger partial charge in [-0.3, -0.25) is 4.79 Å². The van der Waals surface area contributed by atoms with Crippen LogP contribution in [0, 0.1) is 0 Å². The van der Waals surface area contributed by atoms with Crippen molar-refractivity contribution in [3.8, 4) is 11.5 Å². The van der Waals surface area contributed by atoms with Crippen molar-refractivity contribution in [2.24, 2.45) is 0 Å². The Morgan fingerprint density at radius 2 is 2.06 bits per heavy atom. The third-order valence-electron chi connectivity index (χ3n) is 2.36. The van der Waals surface area contributed by atoms with Gasteiger partial charge in [0.05, 0.1) is 10.6 Å². The molecule has 0 saturated carbocycles. The Kier molecular flexibility index (Phi) is 3.10. The number of carbonyl (C=O) groups excluding carboxylic acids is 2. The van der Waals surface area contributed by atoms with Crippen LogP contribution in [0.4, 0.5) is 0 Å². The second-order valence-electron chi connectivity index (χ2n) is 3.32. The van der Waals surface area contributed by atoms with E-state index in [1.165, 1.54) is 0 Å². The number of benzene rings is 1. The number of carbonyl (C=O) groups is 2. The van der Waals surface area contributed by atoms with Crippen molar-refractivity contribution in [3.63, 3.8) is 0 Å². The minimum atomic E-state index is 0.0740. The molecule has 0 unspecified atom stereocenters. The summed E-state index contributed by atoms with van der Waals surface area (Å²) in [5.41, 5.74) is 1.08. The van der Waals surface area contributed by atoms with Crippen molar-refractivity contribution in [1.29, 1.82) is 0 Å². The van der Waals surface area contributed by atoms with Crippen molar-refractivity contribution in [2.45, 2.75) is 12.8 Å². The summed E-state index contributed by atoms with van der Waals surface area (Å²) >= 11 is 5.94. The van der Waals surface area contributed by atoms with Gasteiger partial charge in [0.25, 0.3) is 0 Å². The molecule has 1 aromatic carbocycles. The first kappa shape index (κ1) is 11.0. The van der Waals surface area contributed by atoms with Gasteiger partial charge in [0.1, 0.15) is 6.29 Å². The number of ether oxygens (including phenoxy) is 2. The lowest BCUT2D eigenvalue weighted by molar-refractivity contribution is -0.107. The van der Waals surface area contributed by atoms with Crippen LogP contribution in [0.25, 0.3) is 0 Å². The van der Waals surface area contributed by atoms with E-state index in [4.69, 9.17) is 21.1 Å². The number of rotatable bonds is 4. The van der Waals surface area contributed by atoms with E-state index < -0.39 is 0 Å². The van der Waals surface area contributed by atoms with Gasteiger partial charge in [-0.1, -0.05) is 11.6 Å². The third kappa shape index (κ3) is 1.76. The number of hydrogen-bond donors (Lipinski definition) is 0. The lowest BCUT2D eigenvalue weighted by Gasteiger charge is -2.07. The standard InChI is InChI=1S/C11H9ClO4/c12-9-4-7(2-1-3-13)10-11(8(9)5-14)16-6-15-10/h3-5H,1-2,6H2. The molecule has 0 atom stereocenters. The van der Waals surface area contributed by atoms with Gasteiger partial charge in [-0.25, -0.2) is 0 Å². The van der Waals surface area contributed by atoms with E-state index in [0.29, 0.717) is 41.2 Å². The molecule has 0 aromatic heterocycles. The van der Waals surface area contributed by atoms with E-state index in [1.54, 1.807) is 6.07 Å². The lowest BCUT2D eigenvalue weighted by Crippen LogP contribution is -1.94. The Hall–Kier alpha value is -1.55. The summed E-state index contributed by atoms with van der Waals surface area (Å²) in [5, 5.41) is 0.320. The van der Waals surface area contributed by atoms with Crippen LogP contribution in [-0.2, 0) is 11.2 Å². The smallest absolute Gasteiger partial charge is 0.231 e. The Morgan fingerprint density at radius 1 is 1.31 bits per heavy atom. The zero-order valence-corrected chi connectivity index (χ0v) is 9.12. The molecule has 0 N–H and O–H groups in total. The van der Waals surface area contributed by atoms with E-state index >= 15 is 0 Å². The minimum absolute atomic E-state index is 0.0740. The van der Waals surface area contributed by atoms with Crippen LogP contribution in [0.1, 0.15) is 22.3 Å². The van der Waals surface area contributed by atoms with Gasteiger partial charge in [0.2, 0.25) is 6.79 Å². The van der Waals surface area contributed by atoms with Crippen molar-refractivity contribution in [3.05, 3.63) is 22.2 Å². The number of aldehydes is 2. The molecule has 1 aromatic rings. The fraction of sp³-hybridized carbons (Fsp3) is 0.273. The zero-order valence-electron chi connectivity index (χ0n) is 8.36. The molecular formula is C11H9ClO4. The van der Waals surface area contributed by atoms with Gasteiger partial charge < -0.3 is 14.3 Å². The minimum Gasteiger partial charge on any atom is -0.453 e. The number of aryl methyl sites for hydroxylation is 1. The van der Waals surface area contributed by atoms with E-state index in [-0.39, 0.29) is 6.79 Å². The van der Waals surface area contributed by atoms with Crippen molar-refractivity contribution >= 4 is 24.2 Å². The van der Waals surface area contributed by atoms with Crippen LogP contribution in [0.5, 0.6) is 11.5 Å². The van der Waals surface area contributed by atoms with Crippen molar-refractivity contribution in [2.75, 3.05) is 6.79 Å². The van der Waals surface area contributed by atoms with Crippen LogP contribution in [0.15, 0.2) is 6.07 Å². The van der Waals surface area contributed by atoms with Gasteiger partial charge in [0, 0.05) is 12.0 Å². The number of hydrogen-bond acceptors (Lipinski definition) is 4. The van der Waals surface area contributed by atoms with E-state index in [2.05, 4.69) is 0 Å². The molecule has 0 spiro atoms. The molecule has 0 bridgehead atoms. The first-order chi connectivity index (χ1) is 7.77. The normalized spacial score (nSPS) is 12.6. The highest BCUT2D eigenvalue weighted by molar-refractivity contribution is 6.33. The molecule has 0 aliphatic carbocycles. The molecule has 1 aliphatic heterocycles. The summed E-state index contributed by atoms with van der Waals surface area (Å²) in [6, 6.07) is 1.64. The second-order valence-corrected chi connectivity index (χ2v) is 3.73. The van der Waals surface area contributed by atoms with Gasteiger partial charge >= 0.3 is 0 Å². The van der Waals surface area contributed by atoms with Crippen LogP contribution in [0.3, 0.4) is 0 Å². The molecule has 1 aliphatic rings. The highest BCUT2D eigenvalue weighted by Crippen LogP contribution is 2.42. The molecule has 5 heteroatoms. The molecule has 84 valence electrons. The quantitative estimate of drug-likeness (QED) is 0.756. The summed E-state index contributed by atoms with van der Waals surface area (Å²) in [4.78, 5) is 21.2.